The molecule has 1 aromatic rings. The molecule has 0 radical (unpaired) electrons. The van der Waals surface area contributed by atoms with Crippen LogP contribution < -0.4 is 0 Å². The Morgan fingerprint density at radius 1 is 1.24 bits per heavy atom. The molecule has 0 saturated carbocycles. The van der Waals surface area contributed by atoms with Gasteiger partial charge >= 0.3 is 0 Å². The number of rotatable bonds is 2. The molecule has 1 aliphatic carbocycles. The molecule has 0 N–H and O–H groups in total. The van der Waals surface area contributed by atoms with E-state index in [1.54, 1.807) is 0 Å². The van der Waals surface area contributed by atoms with Crippen molar-refractivity contribution in [1.82, 2.24) is 0 Å². The number of hydrogen-bond acceptors (Lipinski definition) is 0. The van der Waals surface area contributed by atoms with E-state index in [2.05, 4.69) is 75.9 Å². The molecule has 0 spiro atoms. The molecule has 0 fully saturated rings. The first kappa shape index (κ1) is 11.9. The van der Waals surface area contributed by atoms with Crippen LogP contribution in [0, 0.1) is 12.8 Å². The highest BCUT2D eigenvalue weighted by atomic mass is 14.4. The summed E-state index contributed by atoms with van der Waals surface area (Å²) in [6.45, 7) is 10.7. The molecule has 2 unspecified atom stereocenters. The molecule has 0 heteroatoms. The highest BCUT2D eigenvalue weighted by Gasteiger charge is 2.35. The van der Waals surface area contributed by atoms with Crippen molar-refractivity contribution < 1.29 is 0 Å². The summed E-state index contributed by atoms with van der Waals surface area (Å²) in [4.78, 5) is 0. The maximum atomic E-state index is 4.08. The van der Waals surface area contributed by atoms with Crippen LogP contribution in [0.25, 0.3) is 0 Å². The van der Waals surface area contributed by atoms with Gasteiger partial charge in [-0.2, -0.15) is 0 Å². The Balaban J connectivity index is 2.61. The molecule has 1 aliphatic rings. The van der Waals surface area contributed by atoms with E-state index < -0.39 is 0 Å². The van der Waals surface area contributed by atoms with Crippen LogP contribution in [0.2, 0.25) is 0 Å². The van der Waals surface area contributed by atoms with E-state index in [-0.39, 0.29) is 5.41 Å². The maximum absolute atomic E-state index is 4.08. The van der Waals surface area contributed by atoms with Crippen molar-refractivity contribution in [3.8, 4) is 0 Å². The Labute approximate surface area is 104 Å². The van der Waals surface area contributed by atoms with E-state index in [0.29, 0.717) is 5.92 Å². The molecule has 2 rings (SSSR count). The summed E-state index contributed by atoms with van der Waals surface area (Å²) >= 11 is 0. The number of allylic oxidation sites excluding steroid dienone is 5. The van der Waals surface area contributed by atoms with Crippen molar-refractivity contribution in [2.75, 3.05) is 0 Å². The van der Waals surface area contributed by atoms with Gasteiger partial charge in [0.15, 0.2) is 0 Å². The predicted molar refractivity (Wildman–Crippen MR) is 75.1 cm³/mol. The van der Waals surface area contributed by atoms with Crippen LogP contribution in [-0.2, 0) is 5.41 Å². The largest absolute Gasteiger partial charge is 0.102 e. The molecule has 88 valence electrons. The monoisotopic (exact) mass is 224 g/mol. The first-order chi connectivity index (χ1) is 8.12. The van der Waals surface area contributed by atoms with Gasteiger partial charge in [-0.15, -0.1) is 6.58 Å². The summed E-state index contributed by atoms with van der Waals surface area (Å²) in [5.41, 5.74) is 4.06. The van der Waals surface area contributed by atoms with Crippen LogP contribution in [0.3, 0.4) is 0 Å². The van der Waals surface area contributed by atoms with E-state index in [9.17, 15) is 0 Å². The van der Waals surface area contributed by atoms with Gasteiger partial charge in [-0.3, -0.25) is 0 Å². The lowest BCUT2D eigenvalue weighted by molar-refractivity contribution is 0.484. The molecule has 0 aromatic heterocycles. The number of aryl methyl sites for hydroxylation is 1. The van der Waals surface area contributed by atoms with Crippen molar-refractivity contribution in [2.45, 2.75) is 26.2 Å². The summed E-state index contributed by atoms with van der Waals surface area (Å²) in [5.74, 6) is 0.464. The van der Waals surface area contributed by atoms with Crippen molar-refractivity contribution >= 4 is 0 Å². The highest BCUT2D eigenvalue weighted by molar-refractivity contribution is 5.47. The lowest BCUT2D eigenvalue weighted by Crippen LogP contribution is -2.32. The normalized spacial score (nSPS) is 27.7. The Hall–Kier alpha value is -1.56. The number of benzene rings is 1. The smallest absolute Gasteiger partial charge is 0.0377 e. The SMILES string of the molecule is C=CC1(c2ccccc2C)C=CC=C(C)C1C. The number of hydrogen-bond donors (Lipinski definition) is 0. The first-order valence-electron chi connectivity index (χ1n) is 6.17. The Bertz CT molecular complexity index is 491. The molecule has 0 amide bonds. The van der Waals surface area contributed by atoms with Crippen molar-refractivity contribution in [2.24, 2.45) is 5.92 Å². The summed E-state index contributed by atoms with van der Waals surface area (Å²) in [7, 11) is 0. The second kappa shape index (κ2) is 4.37. The van der Waals surface area contributed by atoms with Crippen molar-refractivity contribution in [1.29, 1.82) is 0 Å². The molecular formula is C17H20. The zero-order valence-corrected chi connectivity index (χ0v) is 10.9. The predicted octanol–water partition coefficient (Wildman–Crippen LogP) is 4.57. The van der Waals surface area contributed by atoms with Crippen LogP contribution in [0.15, 0.2) is 60.7 Å². The van der Waals surface area contributed by atoms with Gasteiger partial charge in [-0.05, 0) is 30.9 Å². The molecule has 17 heavy (non-hydrogen) atoms. The minimum absolute atomic E-state index is 0.0514. The minimum Gasteiger partial charge on any atom is -0.102 e. The molecule has 0 heterocycles. The minimum atomic E-state index is -0.0514. The van der Waals surface area contributed by atoms with Crippen LogP contribution in [0.5, 0.6) is 0 Å². The second-order valence-electron chi connectivity index (χ2n) is 4.94. The van der Waals surface area contributed by atoms with Crippen LogP contribution in [0.4, 0.5) is 0 Å². The lowest BCUT2D eigenvalue weighted by atomic mass is 9.65. The standard InChI is InChI=1S/C17H20/c1-5-17(12-8-10-13(2)15(17)4)16-11-7-6-9-14(16)3/h5-12,15H,1H2,2-4H3. The van der Waals surface area contributed by atoms with Gasteiger partial charge in [0.2, 0.25) is 0 Å². The Kier molecular flexibility index (Phi) is 3.06. The third kappa shape index (κ3) is 1.78. The molecule has 1 aromatic carbocycles. The van der Waals surface area contributed by atoms with Crippen molar-refractivity contribution in [3.05, 3.63) is 71.8 Å². The van der Waals surface area contributed by atoms with Gasteiger partial charge in [0, 0.05) is 5.41 Å². The zero-order valence-electron chi connectivity index (χ0n) is 10.9. The van der Waals surface area contributed by atoms with Gasteiger partial charge in [0.1, 0.15) is 0 Å². The maximum Gasteiger partial charge on any atom is 0.0377 e. The fourth-order valence-corrected chi connectivity index (χ4v) is 2.76. The third-order valence-corrected chi connectivity index (χ3v) is 4.08. The van der Waals surface area contributed by atoms with Gasteiger partial charge < -0.3 is 0 Å². The fraction of sp³-hybridized carbons (Fsp3) is 0.294. The van der Waals surface area contributed by atoms with Gasteiger partial charge in [-0.25, -0.2) is 0 Å². The topological polar surface area (TPSA) is 0 Å². The molecular weight excluding hydrogens is 204 g/mol. The molecule has 0 aliphatic heterocycles. The zero-order chi connectivity index (χ0) is 12.5. The fourth-order valence-electron chi connectivity index (χ4n) is 2.76. The summed E-state index contributed by atoms with van der Waals surface area (Å²) < 4.78 is 0. The summed E-state index contributed by atoms with van der Waals surface area (Å²) in [6.07, 6.45) is 8.72. The van der Waals surface area contributed by atoms with Gasteiger partial charge in [-0.1, -0.05) is 61.1 Å². The summed E-state index contributed by atoms with van der Waals surface area (Å²) in [5, 5.41) is 0. The Morgan fingerprint density at radius 3 is 2.59 bits per heavy atom. The van der Waals surface area contributed by atoms with E-state index in [1.807, 2.05) is 0 Å². The van der Waals surface area contributed by atoms with Gasteiger partial charge in [0.25, 0.3) is 0 Å². The van der Waals surface area contributed by atoms with Crippen LogP contribution in [0.1, 0.15) is 25.0 Å². The average molecular weight is 224 g/mol. The van der Waals surface area contributed by atoms with Crippen LogP contribution in [-0.4, -0.2) is 0 Å². The molecule has 0 nitrogen and oxygen atoms in total. The lowest BCUT2D eigenvalue weighted by Gasteiger charge is -2.38. The highest BCUT2D eigenvalue weighted by Crippen LogP contribution is 2.42. The Morgan fingerprint density at radius 2 is 1.94 bits per heavy atom. The van der Waals surface area contributed by atoms with Gasteiger partial charge in [0.05, 0.1) is 0 Å². The third-order valence-electron chi connectivity index (χ3n) is 4.08. The molecule has 0 bridgehead atoms. The van der Waals surface area contributed by atoms with E-state index in [1.165, 1.54) is 16.7 Å². The van der Waals surface area contributed by atoms with E-state index in [4.69, 9.17) is 0 Å². The first-order valence-corrected chi connectivity index (χ1v) is 6.17. The quantitative estimate of drug-likeness (QED) is 0.645. The van der Waals surface area contributed by atoms with Crippen molar-refractivity contribution in [3.63, 3.8) is 0 Å². The summed E-state index contributed by atoms with van der Waals surface area (Å²) in [6, 6.07) is 8.60. The van der Waals surface area contributed by atoms with Crippen LogP contribution >= 0.6 is 0 Å². The second-order valence-corrected chi connectivity index (χ2v) is 4.94. The molecule has 2 atom stereocenters. The van der Waals surface area contributed by atoms with E-state index >= 15 is 0 Å². The average Bonchev–Trinajstić information content (AvgIpc) is 2.34. The van der Waals surface area contributed by atoms with E-state index in [0.717, 1.165) is 0 Å². The molecule has 0 saturated heterocycles.